The summed E-state index contributed by atoms with van der Waals surface area (Å²) in [4.78, 5) is 0. The summed E-state index contributed by atoms with van der Waals surface area (Å²) < 4.78 is 0. The van der Waals surface area contributed by atoms with Gasteiger partial charge in [0.2, 0.25) is 0 Å². The van der Waals surface area contributed by atoms with E-state index in [-0.39, 0.29) is 5.41 Å². The Morgan fingerprint density at radius 2 is 0.929 bits per heavy atom. The molecule has 1 atom stereocenters. The normalized spacial score (nSPS) is 14.5. The molecule has 0 aromatic heterocycles. The van der Waals surface area contributed by atoms with Gasteiger partial charge in [-0.3, -0.25) is 0 Å². The zero-order chi connectivity index (χ0) is 20.3. The van der Waals surface area contributed by atoms with E-state index >= 15 is 0 Å². The second kappa shape index (κ2) is 8.19. The van der Waals surface area contributed by atoms with E-state index in [1.54, 1.807) is 0 Å². The van der Waals surface area contributed by atoms with E-state index in [0.29, 0.717) is 0 Å². The van der Waals surface area contributed by atoms with Gasteiger partial charge in [0.1, 0.15) is 23.2 Å². The molecule has 0 aliphatic carbocycles. The SMILES string of the molecule is CC(C)(C)C(C)(O)CC[P+](c1ccccc1)(c1ccccc1)c1ccccc1. The molecule has 0 saturated carbocycles. The smallest absolute Gasteiger partial charge is 0.112 e. The standard InChI is InChI=1S/C26H32OP/c1-25(2,3)26(4,27)20-21-28(22-14-8-5-9-15-22,23-16-10-6-11-17-23)24-18-12-7-13-19-24/h5-19,27H,20-21H2,1-4H3/q+1. The van der Waals surface area contributed by atoms with Gasteiger partial charge in [0.25, 0.3) is 0 Å². The van der Waals surface area contributed by atoms with Crippen LogP contribution in [0.3, 0.4) is 0 Å². The van der Waals surface area contributed by atoms with Gasteiger partial charge >= 0.3 is 0 Å². The van der Waals surface area contributed by atoms with Crippen molar-refractivity contribution in [1.29, 1.82) is 0 Å². The van der Waals surface area contributed by atoms with E-state index in [1.807, 2.05) is 6.92 Å². The monoisotopic (exact) mass is 391 g/mol. The first-order valence-corrected chi connectivity index (χ1v) is 12.0. The minimum atomic E-state index is -1.88. The molecule has 0 aliphatic heterocycles. The molecule has 0 bridgehead atoms. The van der Waals surface area contributed by atoms with E-state index in [2.05, 4.69) is 112 Å². The van der Waals surface area contributed by atoms with Crippen molar-refractivity contribution < 1.29 is 5.11 Å². The van der Waals surface area contributed by atoms with Gasteiger partial charge < -0.3 is 5.11 Å². The summed E-state index contributed by atoms with van der Waals surface area (Å²) in [6.45, 7) is 8.37. The third-order valence-corrected chi connectivity index (χ3v) is 10.6. The number of hydrogen-bond donors (Lipinski definition) is 1. The van der Waals surface area contributed by atoms with Crippen molar-refractivity contribution in [3.63, 3.8) is 0 Å². The van der Waals surface area contributed by atoms with Crippen molar-refractivity contribution in [2.24, 2.45) is 5.41 Å². The van der Waals surface area contributed by atoms with E-state index in [1.165, 1.54) is 15.9 Å². The molecule has 3 aromatic carbocycles. The molecule has 146 valence electrons. The highest BCUT2D eigenvalue weighted by Crippen LogP contribution is 2.57. The van der Waals surface area contributed by atoms with Crippen molar-refractivity contribution in [1.82, 2.24) is 0 Å². The van der Waals surface area contributed by atoms with Crippen molar-refractivity contribution in [3.05, 3.63) is 91.0 Å². The van der Waals surface area contributed by atoms with Crippen LogP contribution in [0.5, 0.6) is 0 Å². The Kier molecular flexibility index (Phi) is 6.08. The van der Waals surface area contributed by atoms with Crippen LogP contribution in [0, 0.1) is 5.41 Å². The molecule has 0 spiro atoms. The molecule has 0 heterocycles. The lowest BCUT2D eigenvalue weighted by Gasteiger charge is -2.39. The average molecular weight is 392 g/mol. The predicted molar refractivity (Wildman–Crippen MR) is 125 cm³/mol. The fourth-order valence-electron chi connectivity index (χ4n) is 3.64. The fraction of sp³-hybridized carbons (Fsp3) is 0.308. The van der Waals surface area contributed by atoms with Crippen LogP contribution in [0.25, 0.3) is 0 Å². The summed E-state index contributed by atoms with van der Waals surface area (Å²) in [6.07, 6.45) is 1.69. The maximum Gasteiger partial charge on any atom is 0.112 e. The molecule has 0 amide bonds. The maximum atomic E-state index is 11.3. The van der Waals surface area contributed by atoms with E-state index in [4.69, 9.17) is 0 Å². The Bertz CT molecular complexity index is 768. The van der Waals surface area contributed by atoms with Crippen LogP contribution in [0.2, 0.25) is 0 Å². The highest BCUT2D eigenvalue weighted by molar-refractivity contribution is 7.95. The molecule has 2 heteroatoms. The first-order chi connectivity index (χ1) is 13.3. The molecule has 3 rings (SSSR count). The van der Waals surface area contributed by atoms with Crippen LogP contribution in [-0.2, 0) is 0 Å². The number of benzene rings is 3. The van der Waals surface area contributed by atoms with Crippen LogP contribution < -0.4 is 15.9 Å². The van der Waals surface area contributed by atoms with E-state index < -0.39 is 12.9 Å². The van der Waals surface area contributed by atoms with Gasteiger partial charge in [0, 0.05) is 6.42 Å². The van der Waals surface area contributed by atoms with Gasteiger partial charge in [0.05, 0.1) is 11.8 Å². The molecular weight excluding hydrogens is 359 g/mol. The van der Waals surface area contributed by atoms with Crippen LogP contribution in [0.4, 0.5) is 0 Å². The van der Waals surface area contributed by atoms with Gasteiger partial charge in [0.15, 0.2) is 0 Å². The first kappa shape index (κ1) is 20.8. The van der Waals surface area contributed by atoms with Crippen molar-refractivity contribution in [2.45, 2.75) is 39.7 Å². The zero-order valence-corrected chi connectivity index (χ0v) is 18.4. The molecule has 0 radical (unpaired) electrons. The largest absolute Gasteiger partial charge is 0.389 e. The molecule has 28 heavy (non-hydrogen) atoms. The number of rotatable bonds is 6. The van der Waals surface area contributed by atoms with Crippen LogP contribution in [0.15, 0.2) is 91.0 Å². The van der Waals surface area contributed by atoms with Gasteiger partial charge in [-0.25, -0.2) is 0 Å². The Morgan fingerprint density at radius 1 is 0.607 bits per heavy atom. The minimum Gasteiger partial charge on any atom is -0.389 e. The molecule has 1 nitrogen and oxygen atoms in total. The number of aliphatic hydroxyl groups is 1. The lowest BCUT2D eigenvalue weighted by molar-refractivity contribution is -0.0432. The van der Waals surface area contributed by atoms with Gasteiger partial charge in [-0.2, -0.15) is 0 Å². The van der Waals surface area contributed by atoms with Crippen LogP contribution >= 0.6 is 7.26 Å². The Morgan fingerprint density at radius 3 is 1.21 bits per heavy atom. The summed E-state index contributed by atoms with van der Waals surface area (Å²) in [5, 5.41) is 15.4. The summed E-state index contributed by atoms with van der Waals surface area (Å²) in [5.41, 5.74) is -0.913. The fourth-order valence-corrected chi connectivity index (χ4v) is 8.13. The molecule has 1 N–H and O–H groups in total. The second-order valence-electron chi connectivity index (χ2n) is 8.81. The highest BCUT2D eigenvalue weighted by Gasteiger charge is 2.48. The Balaban J connectivity index is 2.20. The summed E-state index contributed by atoms with van der Waals surface area (Å²) in [6, 6.07) is 32.6. The van der Waals surface area contributed by atoms with E-state index in [9.17, 15) is 5.11 Å². The molecular formula is C26H32OP+. The van der Waals surface area contributed by atoms with Crippen molar-refractivity contribution >= 4 is 23.2 Å². The topological polar surface area (TPSA) is 20.2 Å². The number of hydrogen-bond acceptors (Lipinski definition) is 1. The van der Waals surface area contributed by atoms with Crippen molar-refractivity contribution in [2.75, 3.05) is 6.16 Å². The summed E-state index contributed by atoms with van der Waals surface area (Å²) >= 11 is 0. The van der Waals surface area contributed by atoms with Gasteiger partial charge in [-0.1, -0.05) is 75.4 Å². The predicted octanol–water partition coefficient (Wildman–Crippen LogP) is 5.17. The van der Waals surface area contributed by atoms with Gasteiger partial charge in [-0.05, 0) is 48.7 Å². The molecule has 1 unspecified atom stereocenters. The third-order valence-electron chi connectivity index (χ3n) is 6.14. The second-order valence-corrected chi connectivity index (χ2v) is 12.4. The third kappa shape index (κ3) is 4.07. The molecule has 0 saturated heterocycles. The van der Waals surface area contributed by atoms with Crippen molar-refractivity contribution in [3.8, 4) is 0 Å². The zero-order valence-electron chi connectivity index (χ0n) is 17.5. The minimum absolute atomic E-state index is 0.174. The molecule has 0 aliphatic rings. The van der Waals surface area contributed by atoms with Gasteiger partial charge in [-0.15, -0.1) is 0 Å². The highest BCUT2D eigenvalue weighted by atomic mass is 31.2. The van der Waals surface area contributed by atoms with Crippen LogP contribution in [0.1, 0.15) is 34.1 Å². The maximum absolute atomic E-state index is 11.3. The lowest BCUT2D eigenvalue weighted by Crippen LogP contribution is -2.43. The van der Waals surface area contributed by atoms with E-state index in [0.717, 1.165) is 12.6 Å². The lowest BCUT2D eigenvalue weighted by atomic mass is 9.76. The van der Waals surface area contributed by atoms with Crippen LogP contribution in [-0.4, -0.2) is 16.9 Å². The molecule has 0 fully saturated rings. The average Bonchev–Trinajstić information content (AvgIpc) is 2.70. The Labute approximate surface area is 170 Å². The molecule has 3 aromatic rings. The Hall–Kier alpha value is -1.95. The summed E-state index contributed by atoms with van der Waals surface area (Å²) in [7, 11) is -1.88. The first-order valence-electron chi connectivity index (χ1n) is 10.0. The quantitative estimate of drug-likeness (QED) is 0.575. The summed E-state index contributed by atoms with van der Waals surface area (Å²) in [5.74, 6) is 0.